The molecule has 2 aromatic carbocycles. The standard InChI is InChI=1S/C19H25NO/c1-5-10-21-19-9-7-6-8-18(19)20-13-17-15(3)11-14(2)12-16(17)4/h6-9,11-12,20H,5,10,13H2,1-4H3. The molecule has 2 rings (SSSR count). The van der Waals surface area contributed by atoms with Crippen LogP contribution in [0.4, 0.5) is 5.69 Å². The Morgan fingerprint density at radius 2 is 1.67 bits per heavy atom. The van der Waals surface area contributed by atoms with Gasteiger partial charge in [-0.25, -0.2) is 0 Å². The van der Waals surface area contributed by atoms with E-state index in [0.717, 1.165) is 31.0 Å². The SMILES string of the molecule is CCCOc1ccccc1NCc1c(C)cc(C)cc1C. The van der Waals surface area contributed by atoms with Gasteiger partial charge in [-0.05, 0) is 56.0 Å². The predicted octanol–water partition coefficient (Wildman–Crippen LogP) is 5.01. The van der Waals surface area contributed by atoms with E-state index in [1.54, 1.807) is 0 Å². The number of ether oxygens (including phenoxy) is 1. The lowest BCUT2D eigenvalue weighted by atomic mass is 10.00. The zero-order chi connectivity index (χ0) is 15.2. The molecule has 2 nitrogen and oxygen atoms in total. The molecule has 0 bridgehead atoms. The molecule has 0 aliphatic rings. The van der Waals surface area contributed by atoms with Crippen molar-refractivity contribution in [2.45, 2.75) is 40.7 Å². The van der Waals surface area contributed by atoms with E-state index >= 15 is 0 Å². The molecular formula is C19H25NO. The van der Waals surface area contributed by atoms with Crippen LogP contribution in [0.5, 0.6) is 5.75 Å². The molecule has 112 valence electrons. The minimum absolute atomic E-state index is 0.751. The van der Waals surface area contributed by atoms with Crippen molar-refractivity contribution in [1.29, 1.82) is 0 Å². The topological polar surface area (TPSA) is 21.3 Å². The Morgan fingerprint density at radius 3 is 2.33 bits per heavy atom. The van der Waals surface area contributed by atoms with Gasteiger partial charge in [0.05, 0.1) is 12.3 Å². The molecule has 0 heterocycles. The van der Waals surface area contributed by atoms with Crippen LogP contribution in [0.15, 0.2) is 36.4 Å². The van der Waals surface area contributed by atoms with Crippen LogP contribution in [0.1, 0.15) is 35.6 Å². The fraction of sp³-hybridized carbons (Fsp3) is 0.368. The fourth-order valence-corrected chi connectivity index (χ4v) is 2.62. The van der Waals surface area contributed by atoms with E-state index in [9.17, 15) is 0 Å². The van der Waals surface area contributed by atoms with Crippen molar-refractivity contribution in [2.75, 3.05) is 11.9 Å². The highest BCUT2D eigenvalue weighted by molar-refractivity contribution is 5.57. The summed E-state index contributed by atoms with van der Waals surface area (Å²) < 4.78 is 5.79. The minimum atomic E-state index is 0.751. The van der Waals surface area contributed by atoms with Crippen LogP contribution in [0.25, 0.3) is 0 Å². The summed E-state index contributed by atoms with van der Waals surface area (Å²) in [6.45, 7) is 10.2. The van der Waals surface area contributed by atoms with Crippen LogP contribution < -0.4 is 10.1 Å². The van der Waals surface area contributed by atoms with Crippen molar-refractivity contribution in [1.82, 2.24) is 0 Å². The first-order valence-electron chi connectivity index (χ1n) is 7.64. The number of benzene rings is 2. The third-order valence-electron chi connectivity index (χ3n) is 3.64. The molecular weight excluding hydrogens is 258 g/mol. The number of anilines is 1. The van der Waals surface area contributed by atoms with Crippen molar-refractivity contribution >= 4 is 5.69 Å². The molecule has 0 spiro atoms. The van der Waals surface area contributed by atoms with Gasteiger partial charge >= 0.3 is 0 Å². The van der Waals surface area contributed by atoms with E-state index < -0.39 is 0 Å². The number of hydrogen-bond acceptors (Lipinski definition) is 2. The zero-order valence-electron chi connectivity index (χ0n) is 13.5. The maximum absolute atomic E-state index is 5.79. The highest BCUT2D eigenvalue weighted by Crippen LogP contribution is 2.25. The average Bonchev–Trinajstić information content (AvgIpc) is 2.45. The summed E-state index contributed by atoms with van der Waals surface area (Å²) in [5.41, 5.74) is 6.43. The number of para-hydroxylation sites is 2. The highest BCUT2D eigenvalue weighted by Gasteiger charge is 2.06. The van der Waals surface area contributed by atoms with Crippen LogP contribution in [-0.4, -0.2) is 6.61 Å². The number of hydrogen-bond donors (Lipinski definition) is 1. The van der Waals surface area contributed by atoms with Crippen molar-refractivity contribution in [3.05, 3.63) is 58.7 Å². The minimum Gasteiger partial charge on any atom is -0.491 e. The van der Waals surface area contributed by atoms with E-state index in [4.69, 9.17) is 4.74 Å². The Balaban J connectivity index is 2.13. The van der Waals surface area contributed by atoms with Crippen LogP contribution >= 0.6 is 0 Å². The molecule has 21 heavy (non-hydrogen) atoms. The normalized spacial score (nSPS) is 10.5. The Morgan fingerprint density at radius 1 is 1.00 bits per heavy atom. The van der Waals surface area contributed by atoms with Crippen molar-refractivity contribution in [3.8, 4) is 5.75 Å². The molecule has 0 aliphatic heterocycles. The molecule has 0 radical (unpaired) electrons. The molecule has 0 aromatic heterocycles. The number of rotatable bonds is 6. The summed E-state index contributed by atoms with van der Waals surface area (Å²) in [6.07, 6.45) is 1.02. The maximum Gasteiger partial charge on any atom is 0.142 e. The Bertz CT molecular complexity index is 581. The molecule has 0 fully saturated rings. The molecule has 2 heteroatoms. The van der Waals surface area contributed by atoms with Gasteiger partial charge in [-0.15, -0.1) is 0 Å². The van der Waals surface area contributed by atoms with Gasteiger partial charge in [-0.1, -0.05) is 36.8 Å². The fourth-order valence-electron chi connectivity index (χ4n) is 2.62. The van der Waals surface area contributed by atoms with Gasteiger partial charge in [0.1, 0.15) is 5.75 Å². The van der Waals surface area contributed by atoms with Gasteiger partial charge in [0.25, 0.3) is 0 Å². The number of nitrogens with one attached hydrogen (secondary N) is 1. The van der Waals surface area contributed by atoms with Crippen LogP contribution in [0.3, 0.4) is 0 Å². The maximum atomic E-state index is 5.79. The Labute approximate surface area is 128 Å². The molecule has 0 amide bonds. The summed E-state index contributed by atoms with van der Waals surface area (Å²) in [6, 6.07) is 12.6. The molecule has 0 atom stereocenters. The van der Waals surface area contributed by atoms with Crippen molar-refractivity contribution in [3.63, 3.8) is 0 Å². The summed E-state index contributed by atoms with van der Waals surface area (Å²) in [4.78, 5) is 0. The van der Waals surface area contributed by atoms with Gasteiger partial charge in [-0.3, -0.25) is 0 Å². The van der Waals surface area contributed by atoms with E-state index in [2.05, 4.69) is 51.2 Å². The second kappa shape index (κ2) is 7.16. The first-order chi connectivity index (χ1) is 10.1. The molecule has 1 N–H and O–H groups in total. The third kappa shape index (κ3) is 4.01. The lowest BCUT2D eigenvalue weighted by Gasteiger charge is -2.16. The first-order valence-corrected chi connectivity index (χ1v) is 7.64. The van der Waals surface area contributed by atoms with Crippen LogP contribution in [0.2, 0.25) is 0 Å². The number of aryl methyl sites for hydroxylation is 3. The third-order valence-corrected chi connectivity index (χ3v) is 3.64. The zero-order valence-corrected chi connectivity index (χ0v) is 13.5. The van der Waals surface area contributed by atoms with Crippen LogP contribution in [0, 0.1) is 20.8 Å². The monoisotopic (exact) mass is 283 g/mol. The summed E-state index contributed by atoms with van der Waals surface area (Å²) in [7, 11) is 0. The quantitative estimate of drug-likeness (QED) is 0.804. The van der Waals surface area contributed by atoms with E-state index in [1.165, 1.54) is 22.3 Å². The summed E-state index contributed by atoms with van der Waals surface area (Å²) >= 11 is 0. The van der Waals surface area contributed by atoms with E-state index in [0.29, 0.717) is 0 Å². The molecule has 0 unspecified atom stereocenters. The molecule has 2 aromatic rings. The van der Waals surface area contributed by atoms with Gasteiger partial charge in [0.2, 0.25) is 0 Å². The van der Waals surface area contributed by atoms with Gasteiger partial charge in [-0.2, -0.15) is 0 Å². The lowest BCUT2D eigenvalue weighted by molar-refractivity contribution is 0.319. The second-order valence-corrected chi connectivity index (χ2v) is 5.58. The molecule has 0 saturated heterocycles. The second-order valence-electron chi connectivity index (χ2n) is 5.58. The first kappa shape index (κ1) is 15.4. The average molecular weight is 283 g/mol. The summed E-state index contributed by atoms with van der Waals surface area (Å²) in [5, 5.41) is 3.51. The largest absolute Gasteiger partial charge is 0.491 e. The van der Waals surface area contributed by atoms with Gasteiger partial charge in [0, 0.05) is 6.54 Å². The predicted molar refractivity (Wildman–Crippen MR) is 90.2 cm³/mol. The van der Waals surface area contributed by atoms with Crippen molar-refractivity contribution in [2.24, 2.45) is 0 Å². The van der Waals surface area contributed by atoms with Gasteiger partial charge < -0.3 is 10.1 Å². The lowest BCUT2D eigenvalue weighted by Crippen LogP contribution is -2.06. The van der Waals surface area contributed by atoms with Gasteiger partial charge in [0.15, 0.2) is 0 Å². The smallest absolute Gasteiger partial charge is 0.142 e. The Hall–Kier alpha value is -1.96. The summed E-state index contributed by atoms with van der Waals surface area (Å²) in [5.74, 6) is 0.932. The van der Waals surface area contributed by atoms with E-state index in [-0.39, 0.29) is 0 Å². The molecule has 0 saturated carbocycles. The van der Waals surface area contributed by atoms with Crippen molar-refractivity contribution < 1.29 is 4.74 Å². The van der Waals surface area contributed by atoms with Crippen LogP contribution in [-0.2, 0) is 6.54 Å². The molecule has 0 aliphatic carbocycles. The Kier molecular flexibility index (Phi) is 5.26. The van der Waals surface area contributed by atoms with E-state index in [1.807, 2.05) is 18.2 Å². The highest BCUT2D eigenvalue weighted by atomic mass is 16.5.